The van der Waals surface area contributed by atoms with Crippen LogP contribution in [0, 0.1) is 5.92 Å². The van der Waals surface area contributed by atoms with E-state index in [0.29, 0.717) is 23.2 Å². The molecule has 0 bridgehead atoms. The van der Waals surface area contributed by atoms with Crippen LogP contribution in [0.5, 0.6) is 17.2 Å². The van der Waals surface area contributed by atoms with Gasteiger partial charge in [-0.1, -0.05) is 13.8 Å². The number of esters is 1. The molecule has 0 aliphatic rings. The molecule has 0 unspecified atom stereocenters. The Morgan fingerprint density at radius 2 is 1.54 bits per heavy atom. The normalized spacial score (nSPS) is 11.6. The Hall–Kier alpha value is -2.44. The van der Waals surface area contributed by atoms with Crippen molar-refractivity contribution >= 4 is 11.9 Å². The van der Waals surface area contributed by atoms with E-state index in [-0.39, 0.29) is 24.1 Å². The Morgan fingerprint density at radius 1 is 1.00 bits per heavy atom. The number of carbonyl (C=O) groups excluding carboxylic acids is 2. The van der Waals surface area contributed by atoms with Crippen LogP contribution in [0.3, 0.4) is 0 Å². The van der Waals surface area contributed by atoms with E-state index in [0.717, 1.165) is 0 Å². The fourth-order valence-corrected chi connectivity index (χ4v) is 1.88. The van der Waals surface area contributed by atoms with Crippen molar-refractivity contribution in [1.29, 1.82) is 0 Å². The van der Waals surface area contributed by atoms with Gasteiger partial charge in [0, 0.05) is 6.04 Å². The zero-order valence-electron chi connectivity index (χ0n) is 15.0. The predicted molar refractivity (Wildman–Crippen MR) is 88.8 cm³/mol. The topological polar surface area (TPSA) is 83.1 Å². The van der Waals surface area contributed by atoms with Crippen molar-refractivity contribution in [3.63, 3.8) is 0 Å². The van der Waals surface area contributed by atoms with Crippen LogP contribution in [-0.4, -0.2) is 45.9 Å². The van der Waals surface area contributed by atoms with Crippen molar-refractivity contribution in [3.8, 4) is 17.2 Å². The number of hydrogen-bond donors (Lipinski definition) is 1. The third kappa shape index (κ3) is 5.04. The number of nitrogens with one attached hydrogen (secondary N) is 1. The maximum Gasteiger partial charge on any atom is 0.338 e. The highest BCUT2D eigenvalue weighted by molar-refractivity contribution is 5.92. The highest BCUT2D eigenvalue weighted by Gasteiger charge is 2.19. The van der Waals surface area contributed by atoms with Crippen LogP contribution in [0.2, 0.25) is 0 Å². The van der Waals surface area contributed by atoms with Crippen LogP contribution in [0.25, 0.3) is 0 Å². The van der Waals surface area contributed by atoms with E-state index in [1.165, 1.54) is 33.5 Å². The summed E-state index contributed by atoms with van der Waals surface area (Å²) in [7, 11) is 4.37. The largest absolute Gasteiger partial charge is 0.493 e. The third-order valence-corrected chi connectivity index (χ3v) is 3.62. The van der Waals surface area contributed by atoms with Crippen LogP contribution >= 0.6 is 0 Å². The molecule has 24 heavy (non-hydrogen) atoms. The molecule has 0 heterocycles. The second-order valence-corrected chi connectivity index (χ2v) is 5.59. The number of hydrogen-bond acceptors (Lipinski definition) is 6. The molecule has 134 valence electrons. The van der Waals surface area contributed by atoms with Gasteiger partial charge in [-0.25, -0.2) is 4.79 Å². The van der Waals surface area contributed by atoms with E-state index in [4.69, 9.17) is 18.9 Å². The van der Waals surface area contributed by atoms with E-state index in [1.807, 2.05) is 20.8 Å². The molecule has 0 aromatic heterocycles. The van der Waals surface area contributed by atoms with Crippen molar-refractivity contribution < 1.29 is 28.5 Å². The van der Waals surface area contributed by atoms with E-state index in [1.54, 1.807) is 0 Å². The molecule has 0 aliphatic carbocycles. The lowest BCUT2D eigenvalue weighted by atomic mass is 10.1. The molecule has 0 saturated carbocycles. The summed E-state index contributed by atoms with van der Waals surface area (Å²) in [5.74, 6) is 0.335. The quantitative estimate of drug-likeness (QED) is 0.730. The predicted octanol–water partition coefficient (Wildman–Crippen LogP) is 2.03. The van der Waals surface area contributed by atoms with Gasteiger partial charge in [-0.3, -0.25) is 4.79 Å². The summed E-state index contributed by atoms with van der Waals surface area (Å²) in [5.41, 5.74) is 0.203. The maximum atomic E-state index is 12.2. The number of rotatable bonds is 8. The van der Waals surface area contributed by atoms with Crippen LogP contribution < -0.4 is 19.5 Å². The highest BCUT2D eigenvalue weighted by Crippen LogP contribution is 2.38. The molecule has 1 amide bonds. The average Bonchev–Trinajstić information content (AvgIpc) is 2.57. The lowest BCUT2D eigenvalue weighted by Crippen LogP contribution is -2.38. The Bertz CT molecular complexity index is 559. The summed E-state index contributed by atoms with van der Waals surface area (Å²) in [6.07, 6.45) is 0. The van der Waals surface area contributed by atoms with Gasteiger partial charge in [0.05, 0.1) is 26.9 Å². The summed E-state index contributed by atoms with van der Waals surface area (Å²) in [6.45, 7) is 5.52. The SMILES string of the molecule is COc1cc(C(=O)OCC(=O)N[C@@H](C)C(C)C)cc(OC)c1OC. The van der Waals surface area contributed by atoms with E-state index < -0.39 is 5.97 Å². The first-order valence-corrected chi connectivity index (χ1v) is 7.60. The van der Waals surface area contributed by atoms with Crippen LogP contribution in [-0.2, 0) is 9.53 Å². The first-order chi connectivity index (χ1) is 11.3. The van der Waals surface area contributed by atoms with Crippen LogP contribution in [0.4, 0.5) is 0 Å². The van der Waals surface area contributed by atoms with Gasteiger partial charge in [0.25, 0.3) is 5.91 Å². The molecule has 0 aliphatic heterocycles. The Kier molecular flexibility index (Phi) is 7.35. The molecular formula is C17H25NO6. The number of methoxy groups -OCH3 is 3. The Morgan fingerprint density at radius 3 is 1.96 bits per heavy atom. The second kappa shape index (κ2) is 9.00. The molecule has 1 aromatic rings. The smallest absolute Gasteiger partial charge is 0.338 e. The molecule has 1 rings (SSSR count). The Balaban J connectivity index is 2.79. The minimum Gasteiger partial charge on any atom is -0.493 e. The fourth-order valence-electron chi connectivity index (χ4n) is 1.88. The minimum absolute atomic E-state index is 0.00243. The lowest BCUT2D eigenvalue weighted by molar-refractivity contribution is -0.125. The molecule has 1 N–H and O–H groups in total. The summed E-state index contributed by atoms with van der Waals surface area (Å²) in [5, 5.41) is 2.76. The second-order valence-electron chi connectivity index (χ2n) is 5.59. The zero-order chi connectivity index (χ0) is 18.3. The van der Waals surface area contributed by atoms with Gasteiger partial charge >= 0.3 is 5.97 Å². The Labute approximate surface area is 142 Å². The van der Waals surface area contributed by atoms with Gasteiger partial charge in [0.15, 0.2) is 18.1 Å². The van der Waals surface area contributed by atoms with Gasteiger partial charge in [-0.05, 0) is 25.0 Å². The third-order valence-electron chi connectivity index (χ3n) is 3.62. The van der Waals surface area contributed by atoms with Gasteiger partial charge in [0.1, 0.15) is 0 Å². The van der Waals surface area contributed by atoms with Crippen LogP contribution in [0.1, 0.15) is 31.1 Å². The highest BCUT2D eigenvalue weighted by atomic mass is 16.5. The van der Waals surface area contributed by atoms with Crippen molar-refractivity contribution in [2.45, 2.75) is 26.8 Å². The van der Waals surface area contributed by atoms with Gasteiger partial charge < -0.3 is 24.3 Å². The number of amides is 1. The molecule has 0 radical (unpaired) electrons. The average molecular weight is 339 g/mol. The molecular weight excluding hydrogens is 314 g/mol. The standard InChI is InChI=1S/C17H25NO6/c1-10(2)11(3)18-15(19)9-24-17(20)12-7-13(21-4)16(23-6)14(8-12)22-5/h7-8,10-11H,9H2,1-6H3,(H,18,19)/t11-/m0/s1. The van der Waals surface area contributed by atoms with Crippen LogP contribution in [0.15, 0.2) is 12.1 Å². The van der Waals surface area contributed by atoms with Crippen molar-refractivity contribution in [1.82, 2.24) is 5.32 Å². The number of carbonyl (C=O) groups is 2. The molecule has 1 atom stereocenters. The summed E-state index contributed by atoms with van der Waals surface area (Å²) in [4.78, 5) is 23.9. The number of ether oxygens (including phenoxy) is 4. The summed E-state index contributed by atoms with van der Waals surface area (Å²) in [6, 6.07) is 2.94. The zero-order valence-corrected chi connectivity index (χ0v) is 15.0. The van der Waals surface area contributed by atoms with Gasteiger partial charge in [-0.15, -0.1) is 0 Å². The van der Waals surface area contributed by atoms with Gasteiger partial charge in [0.2, 0.25) is 5.75 Å². The summed E-state index contributed by atoms with van der Waals surface area (Å²) >= 11 is 0. The molecule has 1 aromatic carbocycles. The van der Waals surface area contributed by atoms with Crippen molar-refractivity contribution in [2.24, 2.45) is 5.92 Å². The monoisotopic (exact) mass is 339 g/mol. The molecule has 0 spiro atoms. The van der Waals surface area contributed by atoms with E-state index >= 15 is 0 Å². The number of benzene rings is 1. The first-order valence-electron chi connectivity index (χ1n) is 7.60. The van der Waals surface area contributed by atoms with E-state index in [9.17, 15) is 9.59 Å². The maximum absolute atomic E-state index is 12.2. The first kappa shape index (κ1) is 19.6. The van der Waals surface area contributed by atoms with Crippen molar-refractivity contribution in [3.05, 3.63) is 17.7 Å². The molecule has 7 nitrogen and oxygen atoms in total. The summed E-state index contributed by atoms with van der Waals surface area (Å²) < 4.78 is 20.6. The van der Waals surface area contributed by atoms with Crippen molar-refractivity contribution in [2.75, 3.05) is 27.9 Å². The lowest BCUT2D eigenvalue weighted by Gasteiger charge is -2.17. The van der Waals surface area contributed by atoms with Gasteiger partial charge in [-0.2, -0.15) is 0 Å². The minimum atomic E-state index is -0.651. The molecule has 0 fully saturated rings. The molecule has 7 heteroatoms. The fraction of sp³-hybridized carbons (Fsp3) is 0.529. The van der Waals surface area contributed by atoms with E-state index in [2.05, 4.69) is 5.32 Å². The molecule has 0 saturated heterocycles.